The lowest BCUT2D eigenvalue weighted by atomic mass is 10.0. The molecule has 0 aliphatic carbocycles. The quantitative estimate of drug-likeness (QED) is 0.713. The summed E-state index contributed by atoms with van der Waals surface area (Å²) in [5, 5.41) is 9.25. The van der Waals surface area contributed by atoms with Crippen molar-refractivity contribution in [2.45, 2.75) is 39.2 Å². The van der Waals surface area contributed by atoms with Crippen molar-refractivity contribution < 1.29 is 9.90 Å². The van der Waals surface area contributed by atoms with Crippen LogP contribution in [0.1, 0.15) is 33.1 Å². The van der Waals surface area contributed by atoms with Gasteiger partial charge in [-0.05, 0) is 12.3 Å². The van der Waals surface area contributed by atoms with Crippen LogP contribution in [0.4, 0.5) is 0 Å². The summed E-state index contributed by atoms with van der Waals surface area (Å²) >= 11 is 0. The molecule has 1 N–H and O–H groups in total. The summed E-state index contributed by atoms with van der Waals surface area (Å²) in [5.74, 6) is 0.663. The lowest BCUT2D eigenvalue weighted by Gasteiger charge is -2.17. The molecule has 1 fully saturated rings. The van der Waals surface area contributed by atoms with Crippen LogP contribution in [-0.4, -0.2) is 35.1 Å². The number of β-amino-alcohol motifs (C(OH)–C–C–N with tert-alkyl or cyclic N) is 1. The molecule has 2 atom stereocenters. The minimum atomic E-state index is -0.291. The molecule has 0 saturated carbocycles. The van der Waals surface area contributed by atoms with E-state index in [4.69, 9.17) is 0 Å². The van der Waals surface area contributed by atoms with Gasteiger partial charge in [-0.1, -0.05) is 20.3 Å². The molecule has 1 saturated heterocycles. The Balaban J connectivity index is 2.31. The number of carbonyl (C=O) groups is 1. The van der Waals surface area contributed by atoms with Gasteiger partial charge in [0.05, 0.1) is 6.10 Å². The lowest BCUT2D eigenvalue weighted by molar-refractivity contribution is -0.131. The highest BCUT2D eigenvalue weighted by Crippen LogP contribution is 2.14. The first-order valence-electron chi connectivity index (χ1n) is 5.09. The molecule has 0 unspecified atom stereocenters. The van der Waals surface area contributed by atoms with E-state index in [9.17, 15) is 9.90 Å². The van der Waals surface area contributed by atoms with Gasteiger partial charge >= 0.3 is 0 Å². The molecule has 1 heterocycles. The molecule has 0 bridgehead atoms. The van der Waals surface area contributed by atoms with Crippen LogP contribution in [0, 0.1) is 5.92 Å². The van der Waals surface area contributed by atoms with Crippen LogP contribution in [0.5, 0.6) is 0 Å². The summed E-state index contributed by atoms with van der Waals surface area (Å²) in [6.07, 6.45) is 2.12. The predicted molar refractivity (Wildman–Crippen MR) is 51.3 cm³/mol. The van der Waals surface area contributed by atoms with Crippen molar-refractivity contribution in [3.8, 4) is 0 Å². The van der Waals surface area contributed by atoms with Gasteiger partial charge in [-0.25, -0.2) is 0 Å². The summed E-state index contributed by atoms with van der Waals surface area (Å²) in [5.41, 5.74) is 0. The van der Waals surface area contributed by atoms with E-state index in [-0.39, 0.29) is 12.0 Å². The second-order valence-electron chi connectivity index (χ2n) is 4.00. The largest absolute Gasteiger partial charge is 0.391 e. The van der Waals surface area contributed by atoms with Crippen molar-refractivity contribution >= 4 is 5.91 Å². The van der Waals surface area contributed by atoms with Crippen LogP contribution >= 0.6 is 0 Å². The summed E-state index contributed by atoms with van der Waals surface area (Å²) in [6.45, 7) is 5.45. The number of rotatable bonds is 3. The van der Waals surface area contributed by atoms with Crippen molar-refractivity contribution in [2.75, 3.05) is 13.1 Å². The highest BCUT2D eigenvalue weighted by atomic mass is 16.3. The second-order valence-corrected chi connectivity index (χ2v) is 4.00. The van der Waals surface area contributed by atoms with Crippen LogP contribution in [0.25, 0.3) is 0 Å². The molecule has 1 aliphatic rings. The summed E-state index contributed by atoms with van der Waals surface area (Å²) in [4.78, 5) is 13.3. The molecule has 0 aromatic carbocycles. The minimum Gasteiger partial charge on any atom is -0.391 e. The summed E-state index contributed by atoms with van der Waals surface area (Å²) in [6, 6.07) is 0. The molecular weight excluding hydrogens is 166 g/mol. The van der Waals surface area contributed by atoms with Crippen molar-refractivity contribution in [3.05, 3.63) is 0 Å². The predicted octanol–water partition coefficient (Wildman–Crippen LogP) is 1.02. The normalized spacial score (nSPS) is 24.8. The van der Waals surface area contributed by atoms with Gasteiger partial charge in [-0.15, -0.1) is 0 Å². The molecule has 76 valence electrons. The molecule has 0 aromatic rings. The molecule has 1 rings (SSSR count). The number of carbonyl (C=O) groups excluding carboxylic acids is 1. The number of aliphatic hydroxyl groups is 1. The standard InChI is InChI=1S/C10H19NO2/c1-3-8(2)6-10(13)11-5-4-9(12)7-11/h8-9,12H,3-7H2,1-2H3/t8-,9-/m1/s1. The summed E-state index contributed by atoms with van der Waals surface area (Å²) < 4.78 is 0. The van der Waals surface area contributed by atoms with Crippen LogP contribution in [0.15, 0.2) is 0 Å². The number of hydrogen-bond acceptors (Lipinski definition) is 2. The Hall–Kier alpha value is -0.570. The molecule has 0 spiro atoms. The first-order valence-corrected chi connectivity index (χ1v) is 5.09. The highest BCUT2D eigenvalue weighted by Gasteiger charge is 2.24. The van der Waals surface area contributed by atoms with Crippen LogP contribution in [0.3, 0.4) is 0 Å². The zero-order valence-corrected chi connectivity index (χ0v) is 8.49. The fourth-order valence-corrected chi connectivity index (χ4v) is 1.54. The second kappa shape index (κ2) is 4.61. The molecule has 13 heavy (non-hydrogen) atoms. The number of nitrogens with zero attached hydrogens (tertiary/aromatic N) is 1. The van der Waals surface area contributed by atoms with Gasteiger partial charge in [-0.2, -0.15) is 0 Å². The van der Waals surface area contributed by atoms with Gasteiger partial charge in [-0.3, -0.25) is 4.79 Å². The molecule has 1 amide bonds. The van der Waals surface area contributed by atoms with E-state index in [1.807, 2.05) is 0 Å². The Morgan fingerprint density at radius 1 is 1.69 bits per heavy atom. The third-order valence-corrected chi connectivity index (χ3v) is 2.74. The van der Waals surface area contributed by atoms with Crippen LogP contribution in [-0.2, 0) is 4.79 Å². The van der Waals surface area contributed by atoms with E-state index in [0.29, 0.717) is 18.9 Å². The maximum atomic E-state index is 11.6. The van der Waals surface area contributed by atoms with E-state index < -0.39 is 0 Å². The van der Waals surface area contributed by atoms with Gasteiger partial charge in [0.2, 0.25) is 5.91 Å². The van der Waals surface area contributed by atoms with Gasteiger partial charge in [0.1, 0.15) is 0 Å². The van der Waals surface area contributed by atoms with Crippen LogP contribution < -0.4 is 0 Å². The Morgan fingerprint density at radius 2 is 2.38 bits per heavy atom. The van der Waals surface area contributed by atoms with E-state index in [0.717, 1.165) is 19.4 Å². The monoisotopic (exact) mass is 185 g/mol. The Kier molecular flexibility index (Phi) is 3.72. The van der Waals surface area contributed by atoms with Gasteiger partial charge < -0.3 is 10.0 Å². The van der Waals surface area contributed by atoms with Crippen molar-refractivity contribution in [1.82, 2.24) is 4.90 Å². The molecule has 0 aromatic heterocycles. The molecular formula is C10H19NO2. The molecule has 0 radical (unpaired) electrons. The number of amides is 1. The fraction of sp³-hybridized carbons (Fsp3) is 0.900. The SMILES string of the molecule is CC[C@@H](C)CC(=O)N1CC[C@@H](O)C1. The molecule has 1 aliphatic heterocycles. The Labute approximate surface area is 79.7 Å². The van der Waals surface area contributed by atoms with E-state index in [2.05, 4.69) is 13.8 Å². The van der Waals surface area contributed by atoms with Crippen molar-refractivity contribution in [3.63, 3.8) is 0 Å². The number of hydrogen-bond donors (Lipinski definition) is 1. The maximum Gasteiger partial charge on any atom is 0.222 e. The third kappa shape index (κ3) is 2.99. The van der Waals surface area contributed by atoms with Gasteiger partial charge in [0.15, 0.2) is 0 Å². The number of aliphatic hydroxyl groups excluding tert-OH is 1. The topological polar surface area (TPSA) is 40.5 Å². The molecule has 3 heteroatoms. The average Bonchev–Trinajstić information content (AvgIpc) is 2.51. The summed E-state index contributed by atoms with van der Waals surface area (Å²) in [7, 11) is 0. The lowest BCUT2D eigenvalue weighted by Crippen LogP contribution is -2.30. The Bertz CT molecular complexity index is 182. The minimum absolute atomic E-state index is 0.200. The maximum absolute atomic E-state index is 11.6. The first-order chi connectivity index (χ1) is 6.13. The third-order valence-electron chi connectivity index (χ3n) is 2.74. The van der Waals surface area contributed by atoms with Gasteiger partial charge in [0, 0.05) is 19.5 Å². The van der Waals surface area contributed by atoms with E-state index >= 15 is 0 Å². The fourth-order valence-electron chi connectivity index (χ4n) is 1.54. The van der Waals surface area contributed by atoms with Crippen molar-refractivity contribution in [1.29, 1.82) is 0 Å². The van der Waals surface area contributed by atoms with Gasteiger partial charge in [0.25, 0.3) is 0 Å². The van der Waals surface area contributed by atoms with E-state index in [1.165, 1.54) is 0 Å². The first kappa shape index (κ1) is 10.5. The average molecular weight is 185 g/mol. The van der Waals surface area contributed by atoms with Crippen molar-refractivity contribution in [2.24, 2.45) is 5.92 Å². The zero-order valence-electron chi connectivity index (χ0n) is 8.49. The Morgan fingerprint density at radius 3 is 2.85 bits per heavy atom. The molecule has 3 nitrogen and oxygen atoms in total. The van der Waals surface area contributed by atoms with E-state index in [1.54, 1.807) is 4.90 Å². The zero-order chi connectivity index (χ0) is 9.84. The number of likely N-dealkylation sites (tertiary alicyclic amines) is 1. The highest BCUT2D eigenvalue weighted by molar-refractivity contribution is 5.76. The van der Waals surface area contributed by atoms with Crippen LogP contribution in [0.2, 0.25) is 0 Å². The smallest absolute Gasteiger partial charge is 0.222 e.